The second-order valence-electron chi connectivity index (χ2n) is 0.862. The molecule has 0 atom stereocenters. The molecule has 4 radical (unpaired) electrons. The van der Waals surface area contributed by atoms with Gasteiger partial charge in [-0.25, -0.2) is 0 Å². The van der Waals surface area contributed by atoms with Gasteiger partial charge >= 0.3 is 12.1 Å². The number of halogens is 3. The first kappa shape index (κ1) is 10.5. The number of amides is 1. The van der Waals surface area contributed by atoms with Crippen LogP contribution in [0.3, 0.4) is 0 Å². The maximum absolute atomic E-state index is 10.7. The van der Waals surface area contributed by atoms with Gasteiger partial charge in [-0.1, -0.05) is 0 Å². The molecule has 0 unspecified atom stereocenters. The molecule has 2 nitrogen and oxygen atoms in total. The topological polar surface area (TPSA) is 43.1 Å². The molecule has 46 valence electrons. The van der Waals surface area contributed by atoms with Crippen molar-refractivity contribution < 1.29 is 18.0 Å². The second-order valence-corrected chi connectivity index (χ2v) is 0.862. The smallest absolute Gasteiger partial charge is 0.362 e. The Kier molecular flexibility index (Phi) is 3.53. The van der Waals surface area contributed by atoms with Gasteiger partial charge in [0.2, 0.25) is 0 Å². The van der Waals surface area contributed by atoms with Gasteiger partial charge in [0.25, 0.3) is 0 Å². The molecule has 0 aliphatic carbocycles. The first-order valence-electron chi connectivity index (χ1n) is 1.31. The van der Waals surface area contributed by atoms with E-state index in [1.54, 1.807) is 0 Å². The van der Waals surface area contributed by atoms with Gasteiger partial charge in [-0.15, -0.1) is 0 Å². The van der Waals surface area contributed by atoms with Gasteiger partial charge in [-0.3, -0.25) is 4.79 Å². The average Bonchev–Trinajstić information content (AvgIpc) is 1.31. The second kappa shape index (κ2) is 2.70. The zero-order valence-corrected chi connectivity index (χ0v) is 4.62. The number of hydrogen-bond donors (Lipinski definition) is 1. The van der Waals surface area contributed by atoms with E-state index in [0.717, 1.165) is 0 Å². The van der Waals surface area contributed by atoms with E-state index in [1.807, 2.05) is 0 Å². The maximum Gasteiger partial charge on any atom is 0.470 e. The molecular formula is C2H2F3NOSi. The zero-order valence-electron chi connectivity index (χ0n) is 3.62. The summed E-state index contributed by atoms with van der Waals surface area (Å²) < 4.78 is 32.1. The van der Waals surface area contributed by atoms with Crippen LogP contribution < -0.4 is 5.73 Å². The highest BCUT2D eigenvalue weighted by Crippen LogP contribution is 2.11. The number of rotatable bonds is 0. The molecule has 2 N–H and O–H groups in total. The summed E-state index contributed by atoms with van der Waals surface area (Å²) >= 11 is 0. The Morgan fingerprint density at radius 2 is 1.50 bits per heavy atom. The third-order valence-electron chi connectivity index (χ3n) is 0.279. The van der Waals surface area contributed by atoms with Crippen LogP contribution in [0.2, 0.25) is 0 Å². The van der Waals surface area contributed by atoms with Crippen LogP contribution in [0, 0.1) is 0 Å². The molecule has 0 saturated carbocycles. The van der Waals surface area contributed by atoms with Crippen molar-refractivity contribution in [2.45, 2.75) is 6.18 Å². The lowest BCUT2D eigenvalue weighted by Crippen LogP contribution is -2.30. The summed E-state index contributed by atoms with van der Waals surface area (Å²) in [5.74, 6) is -2.26. The molecule has 0 aromatic heterocycles. The molecule has 0 aliphatic heterocycles. The minimum absolute atomic E-state index is 0. The van der Waals surface area contributed by atoms with Gasteiger partial charge in [0.05, 0.1) is 0 Å². The van der Waals surface area contributed by atoms with Crippen molar-refractivity contribution in [2.75, 3.05) is 0 Å². The molecule has 0 aliphatic rings. The molecule has 0 rings (SSSR count). The van der Waals surface area contributed by atoms with E-state index in [9.17, 15) is 13.2 Å². The molecule has 6 heteroatoms. The molecular weight excluding hydrogens is 139 g/mol. The van der Waals surface area contributed by atoms with Gasteiger partial charge in [-0.2, -0.15) is 13.2 Å². The number of alkyl halides is 3. The lowest BCUT2D eigenvalue weighted by Gasteiger charge is -1.95. The summed E-state index contributed by atoms with van der Waals surface area (Å²) in [5, 5.41) is 0. The third kappa shape index (κ3) is 3.66. The van der Waals surface area contributed by atoms with Gasteiger partial charge in [0.15, 0.2) is 0 Å². The van der Waals surface area contributed by atoms with E-state index in [0.29, 0.717) is 0 Å². The standard InChI is InChI=1S/C2H2F3NO.Si/c3-2(4,5)1(6)7;/h(H2,6,7);. The number of carbonyl (C=O) groups excluding carboxylic acids is 1. The van der Waals surface area contributed by atoms with E-state index in [4.69, 9.17) is 4.79 Å². The van der Waals surface area contributed by atoms with Gasteiger partial charge < -0.3 is 5.73 Å². The van der Waals surface area contributed by atoms with Gasteiger partial charge in [0, 0.05) is 11.0 Å². The highest BCUT2D eigenvalue weighted by atomic mass is 28.1. The Morgan fingerprint density at radius 1 is 1.38 bits per heavy atom. The number of primary amides is 1. The molecule has 0 heterocycles. The van der Waals surface area contributed by atoms with Crippen LogP contribution in [-0.2, 0) is 4.79 Å². The predicted molar refractivity (Wildman–Crippen MR) is 21.0 cm³/mol. The molecule has 0 bridgehead atoms. The number of carbonyl (C=O) groups is 1. The summed E-state index contributed by atoms with van der Waals surface area (Å²) in [5.41, 5.74) is 3.81. The minimum atomic E-state index is -4.86. The van der Waals surface area contributed by atoms with Crippen molar-refractivity contribution in [1.29, 1.82) is 0 Å². The minimum Gasteiger partial charge on any atom is -0.362 e. The first-order valence-corrected chi connectivity index (χ1v) is 1.31. The number of hydrogen-bond acceptors (Lipinski definition) is 1. The van der Waals surface area contributed by atoms with E-state index >= 15 is 0 Å². The fourth-order valence-electron chi connectivity index (χ4n) is 0. The monoisotopic (exact) mass is 141 g/mol. The van der Waals surface area contributed by atoms with E-state index in [2.05, 4.69) is 5.73 Å². The van der Waals surface area contributed by atoms with Crippen molar-refractivity contribution in [3.05, 3.63) is 0 Å². The van der Waals surface area contributed by atoms with Crippen molar-refractivity contribution in [3.63, 3.8) is 0 Å². The normalized spacial score (nSPS) is 9.88. The first-order chi connectivity index (χ1) is 2.94. The average molecular weight is 141 g/mol. The summed E-state index contributed by atoms with van der Waals surface area (Å²) in [7, 11) is 0. The van der Waals surface area contributed by atoms with Crippen molar-refractivity contribution in [2.24, 2.45) is 5.73 Å². The molecule has 0 spiro atoms. The highest BCUT2D eigenvalue weighted by Gasteiger charge is 2.35. The molecule has 0 saturated heterocycles. The summed E-state index contributed by atoms with van der Waals surface area (Å²) in [4.78, 5) is 9.12. The third-order valence-corrected chi connectivity index (χ3v) is 0.279. The largest absolute Gasteiger partial charge is 0.470 e. The lowest BCUT2D eigenvalue weighted by molar-refractivity contribution is -0.169. The summed E-state index contributed by atoms with van der Waals surface area (Å²) in [6.07, 6.45) is -4.86. The Hall–Kier alpha value is -0.523. The molecule has 0 fully saturated rings. The van der Waals surface area contributed by atoms with Crippen LogP contribution in [0.1, 0.15) is 0 Å². The van der Waals surface area contributed by atoms with Gasteiger partial charge in [0.1, 0.15) is 0 Å². The predicted octanol–water partition coefficient (Wildman–Crippen LogP) is -0.347. The Balaban J connectivity index is 0. The van der Waals surface area contributed by atoms with Crippen LogP contribution >= 0.6 is 0 Å². The van der Waals surface area contributed by atoms with Crippen LogP contribution in [0.4, 0.5) is 13.2 Å². The number of nitrogens with two attached hydrogens (primary N) is 1. The zero-order chi connectivity index (χ0) is 6.08. The molecule has 1 amide bonds. The summed E-state index contributed by atoms with van der Waals surface area (Å²) in [6.45, 7) is 0. The Labute approximate surface area is 47.9 Å². The lowest BCUT2D eigenvalue weighted by atomic mass is 10.6. The summed E-state index contributed by atoms with van der Waals surface area (Å²) in [6, 6.07) is 0. The van der Waals surface area contributed by atoms with Gasteiger partial charge in [-0.05, 0) is 0 Å². The van der Waals surface area contributed by atoms with Crippen molar-refractivity contribution >= 4 is 16.9 Å². The van der Waals surface area contributed by atoms with Crippen LogP contribution in [0.25, 0.3) is 0 Å². The van der Waals surface area contributed by atoms with E-state index in [1.165, 1.54) is 0 Å². The fourth-order valence-corrected chi connectivity index (χ4v) is 0. The van der Waals surface area contributed by atoms with Crippen molar-refractivity contribution in [1.82, 2.24) is 0 Å². The molecule has 8 heavy (non-hydrogen) atoms. The molecule has 0 aromatic rings. The van der Waals surface area contributed by atoms with Crippen LogP contribution in [-0.4, -0.2) is 23.0 Å². The van der Waals surface area contributed by atoms with E-state index in [-0.39, 0.29) is 11.0 Å². The SMILES string of the molecule is NC(=O)C(F)(F)F.[Si]. The maximum atomic E-state index is 10.7. The van der Waals surface area contributed by atoms with Crippen LogP contribution in [0.5, 0.6) is 0 Å². The Bertz CT molecular complexity index is 89.8. The Morgan fingerprint density at radius 3 is 1.50 bits per heavy atom. The highest BCUT2D eigenvalue weighted by molar-refractivity contribution is 5.79. The molecule has 0 aromatic carbocycles. The van der Waals surface area contributed by atoms with Crippen LogP contribution in [0.15, 0.2) is 0 Å². The van der Waals surface area contributed by atoms with Crippen molar-refractivity contribution in [3.8, 4) is 0 Å². The quantitative estimate of drug-likeness (QED) is 0.460. The van der Waals surface area contributed by atoms with E-state index < -0.39 is 12.1 Å². The fraction of sp³-hybridized carbons (Fsp3) is 0.500.